The molecule has 2 heterocycles. The number of likely N-dealkylation sites (tertiary alicyclic amines) is 1. The number of benzene rings is 1. The van der Waals surface area contributed by atoms with Gasteiger partial charge in [-0.05, 0) is 56.0 Å². The molecule has 0 amide bonds. The van der Waals surface area contributed by atoms with E-state index in [0.717, 1.165) is 25.6 Å². The van der Waals surface area contributed by atoms with Crippen molar-refractivity contribution in [3.63, 3.8) is 0 Å². The van der Waals surface area contributed by atoms with Crippen LogP contribution < -0.4 is 10.6 Å². The highest BCUT2D eigenvalue weighted by Gasteiger charge is 2.13. The molecule has 1 unspecified atom stereocenters. The summed E-state index contributed by atoms with van der Waals surface area (Å²) in [5, 5.41) is 11.3. The maximum Gasteiger partial charge on any atom is 0.191 e. The van der Waals surface area contributed by atoms with Crippen molar-refractivity contribution in [2.24, 2.45) is 10.9 Å². The van der Waals surface area contributed by atoms with Gasteiger partial charge in [0.05, 0.1) is 13.1 Å². The Morgan fingerprint density at radius 1 is 1.10 bits per heavy atom. The standard InChI is InChI=1S/C23H36N6.HI/c1-3-24-23(25-16-20(2)18-28-13-7-4-8-14-28)26-17-21-10-5-6-11-22(21)19-29-15-9-12-27-29;/h5-6,9-12,15,20H,3-4,7-8,13-14,16-19H2,1-2H3,(H2,24,25,26);1H. The molecule has 0 aliphatic carbocycles. The second kappa shape index (κ2) is 13.6. The van der Waals surface area contributed by atoms with Gasteiger partial charge in [0.2, 0.25) is 0 Å². The smallest absolute Gasteiger partial charge is 0.191 e. The number of aromatic nitrogens is 2. The minimum atomic E-state index is 0. The molecule has 7 heteroatoms. The van der Waals surface area contributed by atoms with Gasteiger partial charge in [-0.15, -0.1) is 24.0 Å². The van der Waals surface area contributed by atoms with Gasteiger partial charge in [0.25, 0.3) is 0 Å². The summed E-state index contributed by atoms with van der Waals surface area (Å²) in [6.07, 6.45) is 7.90. The molecule has 6 nitrogen and oxygen atoms in total. The van der Waals surface area contributed by atoms with E-state index in [1.807, 2.05) is 23.1 Å². The lowest BCUT2D eigenvalue weighted by Gasteiger charge is -2.29. The van der Waals surface area contributed by atoms with Gasteiger partial charge < -0.3 is 15.5 Å². The first-order valence-corrected chi connectivity index (χ1v) is 11.0. The number of piperidine rings is 1. The molecule has 1 aliphatic heterocycles. The summed E-state index contributed by atoms with van der Waals surface area (Å²) in [5.41, 5.74) is 2.50. The van der Waals surface area contributed by atoms with Crippen LogP contribution in [0, 0.1) is 5.92 Å². The van der Waals surface area contributed by atoms with Gasteiger partial charge in [-0.1, -0.05) is 37.6 Å². The van der Waals surface area contributed by atoms with Crippen LogP contribution in [0.25, 0.3) is 0 Å². The van der Waals surface area contributed by atoms with E-state index < -0.39 is 0 Å². The Bertz CT molecular complexity index is 740. The number of nitrogens with one attached hydrogen (secondary N) is 2. The van der Waals surface area contributed by atoms with Crippen molar-refractivity contribution < 1.29 is 0 Å². The summed E-state index contributed by atoms with van der Waals surface area (Å²) in [6.45, 7) is 11.3. The summed E-state index contributed by atoms with van der Waals surface area (Å²) in [5.74, 6) is 1.50. The Labute approximate surface area is 198 Å². The van der Waals surface area contributed by atoms with Gasteiger partial charge in [-0.25, -0.2) is 4.99 Å². The van der Waals surface area contributed by atoms with E-state index >= 15 is 0 Å². The minimum Gasteiger partial charge on any atom is -0.357 e. The van der Waals surface area contributed by atoms with E-state index in [1.54, 1.807) is 0 Å². The van der Waals surface area contributed by atoms with Crippen LogP contribution in [-0.4, -0.2) is 53.4 Å². The van der Waals surface area contributed by atoms with Crippen LogP contribution >= 0.6 is 24.0 Å². The van der Waals surface area contributed by atoms with Crippen molar-refractivity contribution in [1.29, 1.82) is 0 Å². The lowest BCUT2D eigenvalue weighted by atomic mass is 10.1. The van der Waals surface area contributed by atoms with Crippen molar-refractivity contribution in [3.05, 3.63) is 53.9 Å². The number of halogens is 1. The largest absolute Gasteiger partial charge is 0.357 e. The van der Waals surface area contributed by atoms with Crippen LogP contribution in [0.3, 0.4) is 0 Å². The zero-order valence-corrected chi connectivity index (χ0v) is 20.7. The molecule has 0 radical (unpaired) electrons. The van der Waals surface area contributed by atoms with Gasteiger partial charge in [0.1, 0.15) is 0 Å². The third-order valence-corrected chi connectivity index (χ3v) is 5.40. The fourth-order valence-corrected chi connectivity index (χ4v) is 3.86. The van der Waals surface area contributed by atoms with Gasteiger partial charge in [-0.2, -0.15) is 5.10 Å². The maximum atomic E-state index is 4.84. The molecule has 1 aromatic heterocycles. The highest BCUT2D eigenvalue weighted by Crippen LogP contribution is 2.12. The molecule has 0 saturated carbocycles. The summed E-state index contributed by atoms with van der Waals surface area (Å²) in [6, 6.07) is 10.4. The van der Waals surface area contributed by atoms with E-state index in [9.17, 15) is 0 Å². The van der Waals surface area contributed by atoms with E-state index in [2.05, 4.69) is 58.7 Å². The molecular formula is C23H37IN6. The highest BCUT2D eigenvalue weighted by molar-refractivity contribution is 14.0. The summed E-state index contributed by atoms with van der Waals surface area (Å²) < 4.78 is 1.95. The van der Waals surface area contributed by atoms with Gasteiger partial charge >= 0.3 is 0 Å². The number of rotatable bonds is 9. The Morgan fingerprint density at radius 3 is 2.57 bits per heavy atom. The van der Waals surface area contributed by atoms with Crippen molar-refractivity contribution in [2.45, 2.75) is 46.2 Å². The van der Waals surface area contributed by atoms with Crippen LogP contribution in [0.15, 0.2) is 47.7 Å². The molecule has 1 saturated heterocycles. The van der Waals surface area contributed by atoms with Crippen molar-refractivity contribution in [3.8, 4) is 0 Å². The fraction of sp³-hybridized carbons (Fsp3) is 0.565. The van der Waals surface area contributed by atoms with Crippen LogP contribution in [-0.2, 0) is 13.1 Å². The lowest BCUT2D eigenvalue weighted by Crippen LogP contribution is -2.42. The SMILES string of the molecule is CCNC(=NCc1ccccc1Cn1cccn1)NCC(C)CN1CCCCC1.I. The first-order valence-electron chi connectivity index (χ1n) is 11.0. The Hall–Kier alpha value is -1.61. The van der Waals surface area contributed by atoms with Crippen molar-refractivity contribution in [2.75, 3.05) is 32.7 Å². The molecule has 166 valence electrons. The summed E-state index contributed by atoms with van der Waals surface area (Å²) in [7, 11) is 0. The molecule has 1 atom stereocenters. The Kier molecular flexibility index (Phi) is 11.2. The van der Waals surface area contributed by atoms with Crippen LogP contribution in [0.5, 0.6) is 0 Å². The van der Waals surface area contributed by atoms with Crippen LogP contribution in [0.1, 0.15) is 44.2 Å². The number of guanidine groups is 1. The monoisotopic (exact) mass is 524 g/mol. The molecular weight excluding hydrogens is 487 g/mol. The van der Waals surface area contributed by atoms with E-state index in [4.69, 9.17) is 4.99 Å². The second-order valence-corrected chi connectivity index (χ2v) is 8.01. The average molecular weight is 524 g/mol. The Balaban J connectivity index is 0.00000320. The second-order valence-electron chi connectivity index (χ2n) is 8.01. The minimum absolute atomic E-state index is 0. The summed E-state index contributed by atoms with van der Waals surface area (Å²) >= 11 is 0. The van der Waals surface area contributed by atoms with Gasteiger partial charge in [0.15, 0.2) is 5.96 Å². The number of hydrogen-bond acceptors (Lipinski definition) is 3. The molecule has 30 heavy (non-hydrogen) atoms. The number of aliphatic imine (C=N–C) groups is 1. The third kappa shape index (κ3) is 8.26. The molecule has 1 aromatic carbocycles. The fourth-order valence-electron chi connectivity index (χ4n) is 3.86. The highest BCUT2D eigenvalue weighted by atomic mass is 127. The first-order chi connectivity index (χ1) is 14.2. The molecule has 1 fully saturated rings. The van der Waals surface area contributed by atoms with Crippen molar-refractivity contribution in [1.82, 2.24) is 25.3 Å². The zero-order valence-electron chi connectivity index (χ0n) is 18.4. The van der Waals surface area contributed by atoms with Gasteiger partial charge in [0, 0.05) is 32.0 Å². The molecule has 3 rings (SSSR count). The Morgan fingerprint density at radius 2 is 1.87 bits per heavy atom. The predicted molar refractivity (Wildman–Crippen MR) is 135 cm³/mol. The van der Waals surface area contributed by atoms with Crippen molar-refractivity contribution >= 4 is 29.9 Å². The molecule has 0 spiro atoms. The molecule has 2 N–H and O–H groups in total. The van der Waals surface area contributed by atoms with Crippen LogP contribution in [0.4, 0.5) is 0 Å². The molecule has 1 aliphatic rings. The summed E-state index contributed by atoms with van der Waals surface area (Å²) in [4.78, 5) is 7.45. The van der Waals surface area contributed by atoms with E-state index in [-0.39, 0.29) is 24.0 Å². The first kappa shape index (κ1) is 24.7. The zero-order chi connectivity index (χ0) is 20.3. The lowest BCUT2D eigenvalue weighted by molar-refractivity contribution is 0.201. The topological polar surface area (TPSA) is 57.5 Å². The normalized spacial score (nSPS) is 16.0. The van der Waals surface area contributed by atoms with E-state index in [0.29, 0.717) is 12.5 Å². The average Bonchev–Trinajstić information content (AvgIpc) is 3.25. The van der Waals surface area contributed by atoms with E-state index in [1.165, 1.54) is 50.0 Å². The van der Waals surface area contributed by atoms with Crippen LogP contribution in [0.2, 0.25) is 0 Å². The predicted octanol–water partition coefficient (Wildman–Crippen LogP) is 3.73. The maximum absolute atomic E-state index is 4.84. The molecule has 2 aromatic rings. The quantitative estimate of drug-likeness (QED) is 0.298. The van der Waals surface area contributed by atoms with Gasteiger partial charge in [-0.3, -0.25) is 4.68 Å². The number of nitrogens with zero attached hydrogens (tertiary/aromatic N) is 4. The third-order valence-electron chi connectivity index (χ3n) is 5.40. The molecule has 0 bridgehead atoms. The number of hydrogen-bond donors (Lipinski definition) is 2.